The lowest BCUT2D eigenvalue weighted by Crippen LogP contribution is -1.85. The molecule has 0 aliphatic heterocycles. The minimum atomic E-state index is 0.779. The van der Waals surface area contributed by atoms with Gasteiger partial charge in [0.1, 0.15) is 0 Å². The van der Waals surface area contributed by atoms with Crippen molar-refractivity contribution in [3.63, 3.8) is 0 Å². The van der Waals surface area contributed by atoms with Gasteiger partial charge in [-0.05, 0) is 37.9 Å². The lowest BCUT2D eigenvalue weighted by Gasteiger charge is -1.97. The standard InChI is InChI=1S/C6H4Br3N/c7-2-6-5(9)1-4(8)3-10-6/h1,3H,2H2. The normalized spacial score (nSPS) is 9.90. The van der Waals surface area contributed by atoms with Gasteiger partial charge in [0, 0.05) is 20.5 Å². The van der Waals surface area contributed by atoms with Crippen LogP contribution in [0.3, 0.4) is 0 Å². The Bertz CT molecular complexity index is 236. The van der Waals surface area contributed by atoms with Gasteiger partial charge in [-0.25, -0.2) is 0 Å². The third-order valence-corrected chi connectivity index (χ3v) is 2.66. The van der Waals surface area contributed by atoms with Gasteiger partial charge in [-0.2, -0.15) is 0 Å². The summed E-state index contributed by atoms with van der Waals surface area (Å²) in [5.41, 5.74) is 1.02. The van der Waals surface area contributed by atoms with Gasteiger partial charge >= 0.3 is 0 Å². The van der Waals surface area contributed by atoms with Crippen LogP contribution in [-0.2, 0) is 5.33 Å². The summed E-state index contributed by atoms with van der Waals surface area (Å²) in [5, 5.41) is 0.779. The first-order valence-electron chi connectivity index (χ1n) is 2.60. The molecule has 54 valence electrons. The Kier molecular flexibility index (Phi) is 3.33. The fourth-order valence-corrected chi connectivity index (χ4v) is 2.49. The van der Waals surface area contributed by atoms with Crippen molar-refractivity contribution in [1.29, 1.82) is 0 Å². The van der Waals surface area contributed by atoms with Crippen LogP contribution in [0.15, 0.2) is 21.2 Å². The molecule has 0 aliphatic rings. The van der Waals surface area contributed by atoms with Gasteiger partial charge in [0.2, 0.25) is 0 Å². The number of hydrogen-bond acceptors (Lipinski definition) is 1. The number of hydrogen-bond donors (Lipinski definition) is 0. The molecule has 10 heavy (non-hydrogen) atoms. The van der Waals surface area contributed by atoms with E-state index in [1.807, 2.05) is 6.07 Å². The van der Waals surface area contributed by atoms with Gasteiger partial charge in [0.05, 0.1) is 5.69 Å². The van der Waals surface area contributed by atoms with Crippen molar-refractivity contribution in [2.75, 3.05) is 0 Å². The minimum Gasteiger partial charge on any atom is -0.258 e. The van der Waals surface area contributed by atoms with Gasteiger partial charge in [0.15, 0.2) is 0 Å². The number of alkyl halides is 1. The van der Waals surface area contributed by atoms with E-state index >= 15 is 0 Å². The van der Waals surface area contributed by atoms with Crippen molar-refractivity contribution in [1.82, 2.24) is 4.98 Å². The van der Waals surface area contributed by atoms with Crippen LogP contribution in [0.4, 0.5) is 0 Å². The molecule has 1 nitrogen and oxygen atoms in total. The molecule has 1 aromatic heterocycles. The Labute approximate surface area is 84.6 Å². The first-order valence-corrected chi connectivity index (χ1v) is 5.30. The van der Waals surface area contributed by atoms with Crippen molar-refractivity contribution in [3.8, 4) is 0 Å². The second-order valence-corrected chi connectivity index (χ2v) is 4.05. The lowest BCUT2D eigenvalue weighted by atomic mass is 10.4. The largest absolute Gasteiger partial charge is 0.258 e. The van der Waals surface area contributed by atoms with E-state index in [-0.39, 0.29) is 0 Å². The van der Waals surface area contributed by atoms with E-state index in [1.54, 1.807) is 6.20 Å². The number of halogens is 3. The average molecular weight is 330 g/mol. The molecule has 1 aromatic rings. The van der Waals surface area contributed by atoms with Crippen molar-refractivity contribution in [2.24, 2.45) is 0 Å². The monoisotopic (exact) mass is 327 g/mol. The van der Waals surface area contributed by atoms with Crippen molar-refractivity contribution in [3.05, 3.63) is 26.9 Å². The second-order valence-electron chi connectivity index (χ2n) is 1.72. The Balaban J connectivity index is 3.07. The molecule has 1 heterocycles. The maximum absolute atomic E-state index is 4.16. The van der Waals surface area contributed by atoms with E-state index in [4.69, 9.17) is 0 Å². The zero-order valence-electron chi connectivity index (χ0n) is 4.94. The predicted octanol–water partition coefficient (Wildman–Crippen LogP) is 3.50. The summed E-state index contributed by atoms with van der Waals surface area (Å²) in [6, 6.07) is 1.98. The Morgan fingerprint density at radius 3 is 2.60 bits per heavy atom. The lowest BCUT2D eigenvalue weighted by molar-refractivity contribution is 1.15. The Morgan fingerprint density at radius 1 is 1.40 bits per heavy atom. The first-order chi connectivity index (χ1) is 4.74. The summed E-state index contributed by atoms with van der Waals surface area (Å²) in [7, 11) is 0. The van der Waals surface area contributed by atoms with Crippen molar-refractivity contribution in [2.45, 2.75) is 5.33 Å². The summed E-state index contributed by atoms with van der Waals surface area (Å²) >= 11 is 10.0. The van der Waals surface area contributed by atoms with Crippen LogP contribution in [0.25, 0.3) is 0 Å². The van der Waals surface area contributed by atoms with E-state index in [9.17, 15) is 0 Å². The highest BCUT2D eigenvalue weighted by atomic mass is 79.9. The number of aromatic nitrogens is 1. The van der Waals surface area contributed by atoms with Gasteiger partial charge < -0.3 is 0 Å². The Hall–Kier alpha value is 0.590. The van der Waals surface area contributed by atoms with Gasteiger partial charge in [0.25, 0.3) is 0 Å². The summed E-state index contributed by atoms with van der Waals surface area (Å²) in [6.45, 7) is 0. The third kappa shape index (κ3) is 2.04. The molecule has 0 N–H and O–H groups in total. The topological polar surface area (TPSA) is 12.9 Å². The van der Waals surface area contributed by atoms with Crippen LogP contribution in [0, 0.1) is 0 Å². The zero-order valence-corrected chi connectivity index (χ0v) is 9.70. The molecule has 0 spiro atoms. The second kappa shape index (κ2) is 3.83. The van der Waals surface area contributed by atoms with Crippen LogP contribution in [-0.4, -0.2) is 4.98 Å². The van der Waals surface area contributed by atoms with Gasteiger partial charge in [-0.15, -0.1) is 0 Å². The van der Waals surface area contributed by atoms with E-state index in [1.165, 1.54) is 0 Å². The van der Waals surface area contributed by atoms with Crippen LogP contribution in [0.2, 0.25) is 0 Å². The highest BCUT2D eigenvalue weighted by Crippen LogP contribution is 2.20. The fourth-order valence-electron chi connectivity index (χ4n) is 0.541. The molecule has 0 amide bonds. The first kappa shape index (κ1) is 8.68. The summed E-state index contributed by atoms with van der Waals surface area (Å²) < 4.78 is 2.02. The highest BCUT2D eigenvalue weighted by molar-refractivity contribution is 9.11. The average Bonchev–Trinajstić information content (AvgIpc) is 1.88. The smallest absolute Gasteiger partial charge is 0.0651 e. The Morgan fingerprint density at radius 2 is 2.10 bits per heavy atom. The molecule has 0 unspecified atom stereocenters. The quantitative estimate of drug-likeness (QED) is 0.719. The zero-order chi connectivity index (χ0) is 7.56. The van der Waals surface area contributed by atoms with Crippen LogP contribution >= 0.6 is 47.8 Å². The molecule has 4 heteroatoms. The molecular weight excluding hydrogens is 326 g/mol. The molecule has 0 aliphatic carbocycles. The van der Waals surface area contributed by atoms with Crippen LogP contribution in [0.1, 0.15) is 5.69 Å². The summed E-state index contributed by atoms with van der Waals surface area (Å²) in [6.07, 6.45) is 1.78. The third-order valence-electron chi connectivity index (χ3n) is 1.01. The van der Waals surface area contributed by atoms with E-state index in [2.05, 4.69) is 52.8 Å². The maximum atomic E-state index is 4.16. The predicted molar refractivity (Wildman–Crippen MR) is 52.3 cm³/mol. The van der Waals surface area contributed by atoms with Crippen LogP contribution in [0.5, 0.6) is 0 Å². The molecule has 0 atom stereocenters. The number of rotatable bonds is 1. The molecular formula is C6H4Br3N. The van der Waals surface area contributed by atoms with E-state index in [0.717, 1.165) is 20.0 Å². The molecule has 0 saturated carbocycles. The molecule has 0 aromatic carbocycles. The minimum absolute atomic E-state index is 0.779. The fraction of sp³-hybridized carbons (Fsp3) is 0.167. The molecule has 0 bridgehead atoms. The molecule has 0 fully saturated rings. The van der Waals surface area contributed by atoms with Gasteiger partial charge in [-0.3, -0.25) is 4.98 Å². The van der Waals surface area contributed by atoms with E-state index in [0.29, 0.717) is 0 Å². The maximum Gasteiger partial charge on any atom is 0.0651 e. The van der Waals surface area contributed by atoms with Crippen LogP contribution < -0.4 is 0 Å². The van der Waals surface area contributed by atoms with Gasteiger partial charge in [-0.1, -0.05) is 15.9 Å². The molecule has 0 radical (unpaired) electrons. The summed E-state index contributed by atoms with van der Waals surface area (Å²) in [5.74, 6) is 0. The van der Waals surface area contributed by atoms with E-state index < -0.39 is 0 Å². The van der Waals surface area contributed by atoms with Crippen molar-refractivity contribution >= 4 is 47.8 Å². The number of pyridine rings is 1. The molecule has 1 rings (SSSR count). The van der Waals surface area contributed by atoms with Crippen molar-refractivity contribution < 1.29 is 0 Å². The summed E-state index contributed by atoms with van der Waals surface area (Å²) in [4.78, 5) is 4.16. The highest BCUT2D eigenvalue weighted by Gasteiger charge is 1.98. The number of nitrogens with zero attached hydrogens (tertiary/aromatic N) is 1. The SMILES string of the molecule is BrCc1ncc(Br)cc1Br. The molecule has 0 saturated heterocycles.